The maximum atomic E-state index is 12.1. The predicted molar refractivity (Wildman–Crippen MR) is 98.5 cm³/mol. The van der Waals surface area contributed by atoms with Crippen molar-refractivity contribution < 1.29 is 9.53 Å². The molecule has 0 bridgehead atoms. The van der Waals surface area contributed by atoms with Crippen LogP contribution in [0, 0.1) is 12.8 Å². The number of hydrogen-bond acceptors (Lipinski definition) is 3. The SMILES string of the molecule is Cc1ccc(CCC(=O)NCC2CN(CC(C)C)CCO2)cc1Cl. The third-order valence-electron chi connectivity index (χ3n) is 4.25. The zero-order valence-electron chi connectivity index (χ0n) is 15.0. The van der Waals surface area contributed by atoms with Gasteiger partial charge in [0, 0.05) is 37.6 Å². The van der Waals surface area contributed by atoms with Gasteiger partial charge in [-0.2, -0.15) is 0 Å². The van der Waals surface area contributed by atoms with Crippen LogP contribution in [-0.2, 0) is 16.0 Å². The summed E-state index contributed by atoms with van der Waals surface area (Å²) >= 11 is 6.12. The Labute approximate surface area is 150 Å². The quantitative estimate of drug-likeness (QED) is 0.820. The molecule has 0 spiro atoms. The highest BCUT2D eigenvalue weighted by Gasteiger charge is 2.21. The highest BCUT2D eigenvalue weighted by atomic mass is 35.5. The lowest BCUT2D eigenvalue weighted by Gasteiger charge is -2.33. The molecule has 0 aromatic heterocycles. The van der Waals surface area contributed by atoms with Gasteiger partial charge in [0.05, 0.1) is 12.7 Å². The van der Waals surface area contributed by atoms with E-state index in [2.05, 4.69) is 24.1 Å². The van der Waals surface area contributed by atoms with E-state index in [9.17, 15) is 4.79 Å². The average molecular weight is 353 g/mol. The molecule has 1 N–H and O–H groups in total. The molecule has 1 aromatic rings. The van der Waals surface area contributed by atoms with Crippen LogP contribution in [0.2, 0.25) is 5.02 Å². The lowest BCUT2D eigenvalue weighted by Crippen LogP contribution is -2.48. The lowest BCUT2D eigenvalue weighted by molar-refractivity contribution is -0.122. The molecule has 1 unspecified atom stereocenters. The van der Waals surface area contributed by atoms with Crippen LogP contribution in [0.5, 0.6) is 0 Å². The minimum atomic E-state index is 0.0660. The van der Waals surface area contributed by atoms with E-state index in [-0.39, 0.29) is 12.0 Å². The van der Waals surface area contributed by atoms with E-state index in [1.807, 2.05) is 25.1 Å². The Morgan fingerprint density at radius 1 is 1.46 bits per heavy atom. The van der Waals surface area contributed by atoms with Crippen LogP contribution in [0.1, 0.15) is 31.4 Å². The van der Waals surface area contributed by atoms with Gasteiger partial charge < -0.3 is 10.1 Å². The maximum absolute atomic E-state index is 12.1. The first-order valence-electron chi connectivity index (χ1n) is 8.79. The van der Waals surface area contributed by atoms with Gasteiger partial charge in [-0.05, 0) is 36.5 Å². The minimum absolute atomic E-state index is 0.0660. The van der Waals surface area contributed by atoms with Crippen LogP contribution in [0.15, 0.2) is 18.2 Å². The number of nitrogens with one attached hydrogen (secondary N) is 1. The molecule has 2 rings (SSSR count). The number of halogens is 1. The monoisotopic (exact) mass is 352 g/mol. The molecule has 0 aliphatic carbocycles. The summed E-state index contributed by atoms with van der Waals surface area (Å²) in [7, 11) is 0. The van der Waals surface area contributed by atoms with Crippen molar-refractivity contribution in [2.45, 2.75) is 39.7 Å². The van der Waals surface area contributed by atoms with E-state index in [1.54, 1.807) is 0 Å². The Hall–Kier alpha value is -1.10. The smallest absolute Gasteiger partial charge is 0.220 e. The van der Waals surface area contributed by atoms with E-state index in [4.69, 9.17) is 16.3 Å². The number of morpholine rings is 1. The summed E-state index contributed by atoms with van der Waals surface area (Å²) in [5, 5.41) is 3.76. The largest absolute Gasteiger partial charge is 0.374 e. The topological polar surface area (TPSA) is 41.6 Å². The van der Waals surface area contributed by atoms with Crippen LogP contribution in [0.3, 0.4) is 0 Å². The van der Waals surface area contributed by atoms with Crippen molar-refractivity contribution in [2.75, 3.05) is 32.8 Å². The van der Waals surface area contributed by atoms with Crippen LogP contribution < -0.4 is 5.32 Å². The second-order valence-electron chi connectivity index (χ2n) is 7.03. The maximum Gasteiger partial charge on any atom is 0.220 e. The molecule has 0 radical (unpaired) electrons. The number of ether oxygens (including phenoxy) is 1. The zero-order valence-corrected chi connectivity index (χ0v) is 15.7. The van der Waals surface area contributed by atoms with Crippen molar-refractivity contribution in [3.8, 4) is 0 Å². The molecule has 1 aromatic carbocycles. The molecule has 24 heavy (non-hydrogen) atoms. The van der Waals surface area contributed by atoms with Crippen molar-refractivity contribution in [1.29, 1.82) is 0 Å². The van der Waals surface area contributed by atoms with E-state index >= 15 is 0 Å². The number of amides is 1. The predicted octanol–water partition coefficient (Wildman–Crippen LogP) is 3.05. The zero-order chi connectivity index (χ0) is 17.5. The molecule has 1 atom stereocenters. The van der Waals surface area contributed by atoms with E-state index < -0.39 is 0 Å². The molecule has 0 saturated carbocycles. The molecule has 1 aliphatic rings. The Bertz CT molecular complexity index is 548. The van der Waals surface area contributed by atoms with E-state index in [0.717, 1.165) is 42.4 Å². The molecule has 1 amide bonds. The van der Waals surface area contributed by atoms with Gasteiger partial charge in [0.1, 0.15) is 0 Å². The number of hydrogen-bond donors (Lipinski definition) is 1. The second kappa shape index (κ2) is 9.40. The highest BCUT2D eigenvalue weighted by molar-refractivity contribution is 6.31. The summed E-state index contributed by atoms with van der Waals surface area (Å²) in [4.78, 5) is 14.5. The third kappa shape index (κ3) is 6.42. The Morgan fingerprint density at radius 2 is 2.25 bits per heavy atom. The Kier molecular flexibility index (Phi) is 7.53. The number of carbonyl (C=O) groups excluding carboxylic acids is 1. The fourth-order valence-electron chi connectivity index (χ4n) is 2.95. The Balaban J connectivity index is 1.69. The fraction of sp³-hybridized carbons (Fsp3) is 0.632. The third-order valence-corrected chi connectivity index (χ3v) is 4.66. The van der Waals surface area contributed by atoms with Gasteiger partial charge in [0.15, 0.2) is 0 Å². The van der Waals surface area contributed by atoms with Crippen molar-refractivity contribution in [2.24, 2.45) is 5.92 Å². The van der Waals surface area contributed by atoms with E-state index in [1.165, 1.54) is 0 Å². The molecule has 134 valence electrons. The minimum Gasteiger partial charge on any atom is -0.374 e. The summed E-state index contributed by atoms with van der Waals surface area (Å²) in [6.45, 7) is 10.7. The molecular weight excluding hydrogens is 324 g/mol. The first-order chi connectivity index (χ1) is 11.4. The van der Waals surface area contributed by atoms with E-state index in [0.29, 0.717) is 25.3 Å². The highest BCUT2D eigenvalue weighted by Crippen LogP contribution is 2.17. The number of benzene rings is 1. The molecule has 1 heterocycles. The van der Waals surface area contributed by atoms with Gasteiger partial charge in [-0.25, -0.2) is 0 Å². The van der Waals surface area contributed by atoms with Crippen LogP contribution >= 0.6 is 11.6 Å². The number of nitrogens with zero attached hydrogens (tertiary/aromatic N) is 1. The molecular formula is C19H29ClN2O2. The van der Waals surface area contributed by atoms with Crippen molar-refractivity contribution in [3.05, 3.63) is 34.3 Å². The first kappa shape index (κ1) is 19.2. The summed E-state index contributed by atoms with van der Waals surface area (Å²) in [5.41, 5.74) is 2.16. The summed E-state index contributed by atoms with van der Waals surface area (Å²) in [5.74, 6) is 0.718. The van der Waals surface area contributed by atoms with Crippen LogP contribution in [0.4, 0.5) is 0 Å². The summed E-state index contributed by atoms with van der Waals surface area (Å²) in [6.07, 6.45) is 1.27. The van der Waals surface area contributed by atoms with Gasteiger partial charge in [0.25, 0.3) is 0 Å². The van der Waals surface area contributed by atoms with Crippen molar-refractivity contribution in [3.63, 3.8) is 0 Å². The second-order valence-corrected chi connectivity index (χ2v) is 7.44. The summed E-state index contributed by atoms with van der Waals surface area (Å²) < 4.78 is 5.76. The number of carbonyl (C=O) groups is 1. The number of aryl methyl sites for hydroxylation is 2. The molecule has 1 fully saturated rings. The first-order valence-corrected chi connectivity index (χ1v) is 9.17. The molecule has 1 aliphatic heterocycles. The fourth-order valence-corrected chi connectivity index (χ4v) is 3.16. The Morgan fingerprint density at radius 3 is 2.96 bits per heavy atom. The normalized spacial score (nSPS) is 18.8. The molecule has 5 heteroatoms. The van der Waals surface area contributed by atoms with Gasteiger partial charge in [0.2, 0.25) is 5.91 Å². The number of rotatable bonds is 7. The van der Waals surface area contributed by atoms with Gasteiger partial charge in [-0.15, -0.1) is 0 Å². The van der Waals surface area contributed by atoms with Crippen LogP contribution in [0.25, 0.3) is 0 Å². The average Bonchev–Trinajstić information content (AvgIpc) is 2.54. The van der Waals surface area contributed by atoms with Gasteiger partial charge in [-0.3, -0.25) is 9.69 Å². The lowest BCUT2D eigenvalue weighted by atomic mass is 10.1. The van der Waals surface area contributed by atoms with Gasteiger partial charge >= 0.3 is 0 Å². The molecule has 1 saturated heterocycles. The van der Waals surface area contributed by atoms with Crippen molar-refractivity contribution >= 4 is 17.5 Å². The van der Waals surface area contributed by atoms with Gasteiger partial charge in [-0.1, -0.05) is 37.6 Å². The standard InChI is InChI=1S/C19H29ClN2O2/c1-14(2)12-22-8-9-24-17(13-22)11-21-19(23)7-6-16-5-4-15(3)18(20)10-16/h4-5,10,14,17H,6-9,11-13H2,1-3H3,(H,21,23). The van der Waals surface area contributed by atoms with Crippen molar-refractivity contribution in [1.82, 2.24) is 10.2 Å². The van der Waals surface area contributed by atoms with Crippen LogP contribution in [-0.4, -0.2) is 49.7 Å². The molecule has 4 nitrogen and oxygen atoms in total. The summed E-state index contributed by atoms with van der Waals surface area (Å²) in [6, 6.07) is 5.97.